The number of benzene rings is 4. The molecule has 0 aliphatic heterocycles. The summed E-state index contributed by atoms with van der Waals surface area (Å²) in [4.78, 5) is 0. The van der Waals surface area contributed by atoms with Crippen LogP contribution < -0.4 is 14.9 Å². The van der Waals surface area contributed by atoms with E-state index in [1.807, 2.05) is 60.7 Å². The molecule has 0 amide bonds. The molecule has 0 unspecified atom stereocenters. The average Bonchev–Trinajstić information content (AvgIpc) is 2.72. The van der Waals surface area contributed by atoms with E-state index in [2.05, 4.69) is 0 Å². The molecule has 0 bridgehead atoms. The number of hydrogen-bond donors (Lipinski definition) is 0. The average molecular weight is 392 g/mol. The van der Waals surface area contributed by atoms with E-state index >= 15 is 0 Å². The molecule has 0 radical (unpaired) electrons. The van der Waals surface area contributed by atoms with Crippen molar-refractivity contribution in [2.45, 2.75) is 0 Å². The zero-order valence-corrected chi connectivity index (χ0v) is 17.4. The van der Waals surface area contributed by atoms with Gasteiger partial charge in [-0.05, 0) is 34.4 Å². The standard InChI is InChI=1S/C24H18O3.Ca/c25-21-13-11-19(17-7-3-1-4-8-17)15-23(21)27-24-16-20(12-14-22(24)26)18-9-5-2-6-10-18;/h1-16,25-26H;/q;+2/p-2. The van der Waals surface area contributed by atoms with Gasteiger partial charge in [-0.1, -0.05) is 96.4 Å². The second-order valence-corrected chi connectivity index (χ2v) is 6.16. The quantitative estimate of drug-likeness (QED) is 0.478. The van der Waals surface area contributed by atoms with Gasteiger partial charge in [0.05, 0.1) is 0 Å². The molecule has 0 saturated heterocycles. The van der Waals surface area contributed by atoms with Crippen LogP contribution in [0.4, 0.5) is 0 Å². The second-order valence-electron chi connectivity index (χ2n) is 6.16. The summed E-state index contributed by atoms with van der Waals surface area (Å²) in [6, 6.07) is 29.2. The molecular weight excluding hydrogens is 376 g/mol. The summed E-state index contributed by atoms with van der Waals surface area (Å²) in [5.74, 6) is -0.254. The maximum atomic E-state index is 12.2. The Bertz CT molecular complexity index is 977. The monoisotopic (exact) mass is 392 g/mol. The van der Waals surface area contributed by atoms with Crippen LogP contribution in [0.25, 0.3) is 22.3 Å². The summed E-state index contributed by atoms with van der Waals surface area (Å²) in [6.45, 7) is 0. The molecule has 3 nitrogen and oxygen atoms in total. The normalized spacial score (nSPS) is 10.1. The summed E-state index contributed by atoms with van der Waals surface area (Å²) < 4.78 is 5.74. The Kier molecular flexibility index (Phi) is 6.63. The summed E-state index contributed by atoms with van der Waals surface area (Å²) in [7, 11) is 0. The van der Waals surface area contributed by atoms with Crippen LogP contribution in [0.15, 0.2) is 97.1 Å². The third-order valence-corrected chi connectivity index (χ3v) is 4.32. The van der Waals surface area contributed by atoms with Gasteiger partial charge in [0.1, 0.15) is 11.5 Å². The SMILES string of the molecule is [Ca+2].[O-]c1ccc(-c2ccccc2)cc1Oc1cc(-c2ccccc2)ccc1[O-]. The van der Waals surface area contributed by atoms with Crippen LogP contribution in [0.5, 0.6) is 23.0 Å². The fourth-order valence-corrected chi connectivity index (χ4v) is 2.91. The molecule has 0 saturated carbocycles. The minimum atomic E-state index is -0.265. The van der Waals surface area contributed by atoms with E-state index in [9.17, 15) is 10.2 Å². The molecule has 4 aromatic rings. The van der Waals surface area contributed by atoms with E-state index in [-0.39, 0.29) is 60.7 Å². The first kappa shape index (κ1) is 20.3. The van der Waals surface area contributed by atoms with Crippen molar-refractivity contribution in [3.63, 3.8) is 0 Å². The molecule has 28 heavy (non-hydrogen) atoms. The number of rotatable bonds is 4. The van der Waals surface area contributed by atoms with Gasteiger partial charge in [-0.15, -0.1) is 0 Å². The summed E-state index contributed by atoms with van der Waals surface area (Å²) in [5, 5.41) is 24.5. The molecule has 4 aromatic carbocycles. The van der Waals surface area contributed by atoms with Crippen molar-refractivity contribution < 1.29 is 14.9 Å². The van der Waals surface area contributed by atoms with E-state index in [1.165, 1.54) is 12.1 Å². The molecule has 132 valence electrons. The van der Waals surface area contributed by atoms with Gasteiger partial charge in [0.25, 0.3) is 0 Å². The molecule has 4 heteroatoms. The molecule has 0 aromatic heterocycles. The maximum Gasteiger partial charge on any atom is 2.00 e. The van der Waals surface area contributed by atoms with Gasteiger partial charge in [0.2, 0.25) is 0 Å². The van der Waals surface area contributed by atoms with E-state index in [0.717, 1.165) is 22.3 Å². The Morgan fingerprint density at radius 3 is 1.25 bits per heavy atom. The topological polar surface area (TPSA) is 55.3 Å². The van der Waals surface area contributed by atoms with Gasteiger partial charge in [-0.3, -0.25) is 0 Å². The molecule has 0 atom stereocenters. The molecule has 0 heterocycles. The van der Waals surface area contributed by atoms with Gasteiger partial charge in [-0.25, -0.2) is 0 Å². The minimum absolute atomic E-state index is 0. The Morgan fingerprint density at radius 2 is 0.857 bits per heavy atom. The summed E-state index contributed by atoms with van der Waals surface area (Å²) >= 11 is 0. The van der Waals surface area contributed by atoms with Gasteiger partial charge < -0.3 is 14.9 Å². The fraction of sp³-hybridized carbons (Fsp3) is 0. The van der Waals surface area contributed by atoms with E-state index in [0.29, 0.717) is 0 Å². The zero-order chi connectivity index (χ0) is 18.6. The van der Waals surface area contributed by atoms with Crippen molar-refractivity contribution >= 4 is 37.7 Å². The van der Waals surface area contributed by atoms with Crippen molar-refractivity contribution in [2.75, 3.05) is 0 Å². The van der Waals surface area contributed by atoms with E-state index in [1.54, 1.807) is 24.3 Å². The predicted octanol–water partition coefficient (Wildman–Crippen LogP) is 4.58. The Morgan fingerprint density at radius 1 is 0.464 bits per heavy atom. The Hall–Kier alpha value is -2.46. The van der Waals surface area contributed by atoms with Crippen LogP contribution >= 0.6 is 0 Å². The predicted molar refractivity (Wildman–Crippen MR) is 108 cm³/mol. The molecular formula is C24H16CaO3. The number of ether oxygens (including phenoxy) is 1. The fourth-order valence-electron chi connectivity index (χ4n) is 2.91. The Balaban J connectivity index is 0.00000225. The molecule has 0 fully saturated rings. The minimum Gasteiger partial charge on any atom is -0.870 e. The first-order valence-electron chi connectivity index (χ1n) is 8.61. The second kappa shape index (κ2) is 9.15. The zero-order valence-electron chi connectivity index (χ0n) is 15.2. The third kappa shape index (κ3) is 4.50. The van der Waals surface area contributed by atoms with Crippen LogP contribution in [-0.4, -0.2) is 37.7 Å². The van der Waals surface area contributed by atoms with Gasteiger partial charge >= 0.3 is 37.7 Å². The molecule has 0 spiro atoms. The van der Waals surface area contributed by atoms with Crippen molar-refractivity contribution in [3.8, 4) is 45.3 Å². The first-order chi connectivity index (χ1) is 13.2. The Labute approximate surface area is 193 Å². The van der Waals surface area contributed by atoms with Crippen molar-refractivity contribution in [2.24, 2.45) is 0 Å². The summed E-state index contributed by atoms with van der Waals surface area (Å²) in [6.07, 6.45) is 0. The van der Waals surface area contributed by atoms with Crippen molar-refractivity contribution in [1.29, 1.82) is 0 Å². The van der Waals surface area contributed by atoms with Crippen LogP contribution in [0.2, 0.25) is 0 Å². The first-order valence-corrected chi connectivity index (χ1v) is 8.61. The number of hydrogen-bond acceptors (Lipinski definition) is 3. The van der Waals surface area contributed by atoms with Crippen LogP contribution in [0.1, 0.15) is 0 Å². The summed E-state index contributed by atoms with van der Waals surface area (Å²) in [5.41, 5.74) is 3.67. The van der Waals surface area contributed by atoms with Crippen LogP contribution in [-0.2, 0) is 0 Å². The van der Waals surface area contributed by atoms with Crippen molar-refractivity contribution in [3.05, 3.63) is 97.1 Å². The van der Waals surface area contributed by atoms with Gasteiger partial charge in [0.15, 0.2) is 0 Å². The largest absolute Gasteiger partial charge is 2.00 e. The molecule has 0 aliphatic carbocycles. The van der Waals surface area contributed by atoms with Crippen LogP contribution in [0, 0.1) is 0 Å². The van der Waals surface area contributed by atoms with E-state index in [4.69, 9.17) is 4.74 Å². The van der Waals surface area contributed by atoms with Gasteiger partial charge in [0, 0.05) is 0 Å². The molecule has 0 N–H and O–H groups in total. The molecule has 4 rings (SSSR count). The van der Waals surface area contributed by atoms with Gasteiger partial charge in [-0.2, -0.15) is 0 Å². The van der Waals surface area contributed by atoms with Crippen LogP contribution in [0.3, 0.4) is 0 Å². The smallest absolute Gasteiger partial charge is 0.870 e. The molecule has 0 aliphatic rings. The van der Waals surface area contributed by atoms with E-state index < -0.39 is 0 Å². The van der Waals surface area contributed by atoms with Crippen molar-refractivity contribution in [1.82, 2.24) is 0 Å². The third-order valence-electron chi connectivity index (χ3n) is 4.32. The maximum absolute atomic E-state index is 12.2.